The van der Waals surface area contributed by atoms with E-state index in [0.717, 1.165) is 11.1 Å². The molecule has 3 rings (SSSR count). The number of hydrogen-bond acceptors (Lipinski definition) is 6. The number of hydrogen-bond donors (Lipinski definition) is 4. The first-order valence-electron chi connectivity index (χ1n) is 10.6. The van der Waals surface area contributed by atoms with Gasteiger partial charge in [-0.1, -0.05) is 48.0 Å². The van der Waals surface area contributed by atoms with Crippen molar-refractivity contribution < 1.29 is 28.2 Å². The first kappa shape index (κ1) is 26.4. The normalized spacial score (nSPS) is 12.2. The van der Waals surface area contributed by atoms with Crippen molar-refractivity contribution >= 4 is 39.1 Å². The van der Waals surface area contributed by atoms with Gasteiger partial charge in [0.05, 0.1) is 18.0 Å². The van der Waals surface area contributed by atoms with Gasteiger partial charge in [-0.05, 0) is 60.4 Å². The molecule has 184 valence electrons. The van der Waals surface area contributed by atoms with Crippen LogP contribution in [0.25, 0.3) is 11.1 Å². The summed E-state index contributed by atoms with van der Waals surface area (Å²) in [7, 11) is -3.84. The number of halogens is 1. The zero-order valence-electron chi connectivity index (χ0n) is 19.1. The van der Waals surface area contributed by atoms with Crippen molar-refractivity contribution in [2.24, 2.45) is 0 Å². The number of ketones is 1. The number of nitrogens with one attached hydrogen (secondary N) is 2. The van der Waals surface area contributed by atoms with Gasteiger partial charge >= 0.3 is 5.97 Å². The lowest BCUT2D eigenvalue weighted by Gasteiger charge is -2.13. The van der Waals surface area contributed by atoms with Gasteiger partial charge in [-0.25, -0.2) is 8.42 Å². The largest absolute Gasteiger partial charge is 0.480 e. The van der Waals surface area contributed by atoms with E-state index >= 15 is 0 Å². The maximum absolute atomic E-state index is 13.0. The standard InChI is InChI=1S/C25H25ClN2O6S/c1-15-11-24(16(2)10-21(15)26)35(33,34)28-20-5-3-4-19(12-20)17-6-8-18(9-7-17)23(30)13-27-22(14-29)25(31)32/h3-12,22,27-29H,13-14H2,1-2H3,(H,31,32)/t22-/m0/s1. The fraction of sp³-hybridized carbons (Fsp3) is 0.200. The Kier molecular flexibility index (Phi) is 8.29. The topological polar surface area (TPSA) is 133 Å². The van der Waals surface area contributed by atoms with Crippen LogP contribution in [0, 0.1) is 13.8 Å². The maximum atomic E-state index is 13.0. The van der Waals surface area contributed by atoms with E-state index in [-0.39, 0.29) is 17.2 Å². The molecule has 0 amide bonds. The van der Waals surface area contributed by atoms with Crippen LogP contribution in [0.4, 0.5) is 5.69 Å². The van der Waals surface area contributed by atoms with E-state index < -0.39 is 28.6 Å². The Balaban J connectivity index is 1.76. The number of rotatable bonds is 10. The summed E-state index contributed by atoms with van der Waals surface area (Å²) < 4.78 is 28.6. The highest BCUT2D eigenvalue weighted by molar-refractivity contribution is 7.92. The van der Waals surface area contributed by atoms with Gasteiger partial charge in [0.2, 0.25) is 0 Å². The lowest BCUT2D eigenvalue weighted by atomic mass is 10.0. The average molecular weight is 517 g/mol. The van der Waals surface area contributed by atoms with E-state index in [0.29, 0.717) is 27.4 Å². The number of carboxylic acid groups (broad SMARTS) is 1. The molecule has 0 bridgehead atoms. The highest BCUT2D eigenvalue weighted by Crippen LogP contribution is 2.28. The van der Waals surface area contributed by atoms with Crippen LogP contribution in [0.1, 0.15) is 21.5 Å². The van der Waals surface area contributed by atoms with Crippen LogP contribution in [-0.2, 0) is 14.8 Å². The van der Waals surface area contributed by atoms with Crippen LogP contribution in [-0.4, -0.2) is 49.6 Å². The number of aryl methyl sites for hydroxylation is 2. The Hall–Kier alpha value is -3.24. The predicted molar refractivity (Wildman–Crippen MR) is 134 cm³/mol. The number of carboxylic acids is 1. The van der Waals surface area contributed by atoms with E-state index in [1.807, 2.05) is 6.07 Å². The van der Waals surface area contributed by atoms with E-state index in [1.165, 1.54) is 6.07 Å². The second-order valence-electron chi connectivity index (χ2n) is 8.01. The van der Waals surface area contributed by atoms with Crippen LogP contribution >= 0.6 is 11.6 Å². The van der Waals surface area contributed by atoms with Gasteiger partial charge in [0.25, 0.3) is 10.0 Å². The van der Waals surface area contributed by atoms with E-state index in [2.05, 4.69) is 10.0 Å². The smallest absolute Gasteiger partial charge is 0.323 e. The second kappa shape index (κ2) is 11.0. The molecule has 0 aliphatic carbocycles. The van der Waals surface area contributed by atoms with E-state index in [1.54, 1.807) is 62.4 Å². The van der Waals surface area contributed by atoms with Gasteiger partial charge in [0, 0.05) is 16.3 Å². The molecule has 0 aliphatic rings. The molecule has 0 radical (unpaired) electrons. The predicted octanol–water partition coefficient (Wildman–Crippen LogP) is 3.64. The Morgan fingerprint density at radius 3 is 2.29 bits per heavy atom. The third kappa shape index (κ3) is 6.46. The van der Waals surface area contributed by atoms with Gasteiger partial charge in [0.1, 0.15) is 6.04 Å². The molecule has 35 heavy (non-hydrogen) atoms. The van der Waals surface area contributed by atoms with Crippen LogP contribution in [0.2, 0.25) is 5.02 Å². The van der Waals surface area contributed by atoms with Gasteiger partial charge in [-0.3, -0.25) is 19.6 Å². The third-order valence-corrected chi connectivity index (χ3v) is 7.32. The summed E-state index contributed by atoms with van der Waals surface area (Å²) in [5, 5.41) is 21.0. The maximum Gasteiger partial charge on any atom is 0.323 e. The Bertz CT molecular complexity index is 1360. The highest BCUT2D eigenvalue weighted by Gasteiger charge is 2.19. The molecular formula is C25H25ClN2O6S. The summed E-state index contributed by atoms with van der Waals surface area (Å²) in [5.74, 6) is -1.57. The number of aliphatic hydroxyl groups is 1. The molecule has 0 spiro atoms. The molecule has 3 aromatic rings. The second-order valence-corrected chi connectivity index (χ2v) is 10.1. The summed E-state index contributed by atoms with van der Waals surface area (Å²) >= 11 is 6.09. The van der Waals surface area contributed by atoms with Crippen molar-refractivity contribution in [3.63, 3.8) is 0 Å². The molecule has 0 heterocycles. The van der Waals surface area contributed by atoms with E-state index in [9.17, 15) is 18.0 Å². The molecule has 0 saturated heterocycles. The number of Topliss-reactive ketones (excluding diaryl/α,β-unsaturated/α-hetero) is 1. The highest BCUT2D eigenvalue weighted by atomic mass is 35.5. The first-order chi connectivity index (χ1) is 16.5. The summed E-state index contributed by atoms with van der Waals surface area (Å²) in [4.78, 5) is 23.4. The molecule has 0 saturated carbocycles. The monoisotopic (exact) mass is 516 g/mol. The lowest BCUT2D eigenvalue weighted by molar-refractivity contribution is -0.140. The molecule has 1 atom stereocenters. The SMILES string of the molecule is Cc1cc(S(=O)(=O)Nc2cccc(-c3ccc(C(=O)CN[C@@H](CO)C(=O)O)cc3)c2)c(C)cc1Cl. The minimum atomic E-state index is -3.84. The lowest BCUT2D eigenvalue weighted by Crippen LogP contribution is -2.42. The van der Waals surface area contributed by atoms with E-state index in [4.69, 9.17) is 21.8 Å². The van der Waals surface area contributed by atoms with Gasteiger partial charge < -0.3 is 10.2 Å². The van der Waals surface area contributed by atoms with Crippen LogP contribution in [0.3, 0.4) is 0 Å². The van der Waals surface area contributed by atoms with Crippen LogP contribution < -0.4 is 10.0 Å². The molecule has 4 N–H and O–H groups in total. The summed E-state index contributed by atoms with van der Waals surface area (Å²) in [6.07, 6.45) is 0. The van der Waals surface area contributed by atoms with Crippen molar-refractivity contribution in [2.75, 3.05) is 17.9 Å². The minimum Gasteiger partial charge on any atom is -0.480 e. The molecule has 0 unspecified atom stereocenters. The summed E-state index contributed by atoms with van der Waals surface area (Å²) in [6, 6.07) is 15.4. The zero-order valence-corrected chi connectivity index (χ0v) is 20.7. The number of aliphatic carboxylic acids is 1. The molecule has 8 nitrogen and oxygen atoms in total. The zero-order chi connectivity index (χ0) is 25.8. The van der Waals surface area contributed by atoms with Crippen molar-refractivity contribution in [3.8, 4) is 11.1 Å². The number of sulfonamides is 1. The fourth-order valence-corrected chi connectivity index (χ4v) is 4.99. The van der Waals surface area contributed by atoms with Crippen molar-refractivity contribution in [1.29, 1.82) is 0 Å². The third-order valence-electron chi connectivity index (χ3n) is 5.39. The van der Waals surface area contributed by atoms with Crippen molar-refractivity contribution in [2.45, 2.75) is 24.8 Å². The van der Waals surface area contributed by atoms with Crippen LogP contribution in [0.5, 0.6) is 0 Å². The minimum absolute atomic E-state index is 0.146. The molecule has 10 heteroatoms. The summed E-state index contributed by atoms with van der Waals surface area (Å²) in [5.41, 5.74) is 3.43. The molecule has 3 aromatic carbocycles. The Morgan fingerprint density at radius 2 is 1.66 bits per heavy atom. The van der Waals surface area contributed by atoms with Crippen molar-refractivity contribution in [3.05, 3.63) is 82.4 Å². The number of carbonyl (C=O) groups is 2. The molecular weight excluding hydrogens is 492 g/mol. The molecule has 0 aromatic heterocycles. The number of carbonyl (C=O) groups excluding carboxylic acids is 1. The van der Waals surface area contributed by atoms with Gasteiger partial charge in [-0.2, -0.15) is 0 Å². The fourth-order valence-electron chi connectivity index (χ4n) is 3.41. The van der Waals surface area contributed by atoms with Crippen LogP contribution in [0.15, 0.2) is 65.6 Å². The Morgan fingerprint density at radius 1 is 0.971 bits per heavy atom. The first-order valence-corrected chi connectivity index (χ1v) is 12.5. The number of anilines is 1. The molecule has 0 fully saturated rings. The van der Waals surface area contributed by atoms with Gasteiger partial charge in [-0.15, -0.1) is 0 Å². The average Bonchev–Trinajstić information content (AvgIpc) is 2.81. The number of aliphatic hydroxyl groups excluding tert-OH is 1. The summed E-state index contributed by atoms with van der Waals surface area (Å²) in [6.45, 7) is 2.56. The number of benzene rings is 3. The Labute approximate surface area is 208 Å². The molecule has 0 aliphatic heterocycles. The van der Waals surface area contributed by atoms with Gasteiger partial charge in [0.15, 0.2) is 5.78 Å². The quantitative estimate of drug-likeness (QED) is 0.302. The van der Waals surface area contributed by atoms with Crippen molar-refractivity contribution in [1.82, 2.24) is 5.32 Å².